The molecule has 6 nitrogen and oxygen atoms in total. The van der Waals surface area contributed by atoms with Crippen molar-refractivity contribution in [2.24, 2.45) is 0 Å². The van der Waals surface area contributed by atoms with Gasteiger partial charge in [0, 0.05) is 18.5 Å². The third-order valence-corrected chi connectivity index (χ3v) is 4.87. The largest absolute Gasteiger partial charge is 0.349 e. The molecule has 0 atom stereocenters. The second kappa shape index (κ2) is 9.28. The molecule has 0 saturated carbocycles. The number of carbonyl (C=O) groups is 1. The van der Waals surface area contributed by atoms with Crippen LogP contribution in [-0.2, 0) is 6.54 Å². The zero-order valence-corrected chi connectivity index (χ0v) is 16.4. The van der Waals surface area contributed by atoms with E-state index in [-0.39, 0.29) is 17.2 Å². The molecule has 0 bridgehead atoms. The van der Waals surface area contributed by atoms with Gasteiger partial charge in [-0.15, -0.1) is 0 Å². The van der Waals surface area contributed by atoms with Gasteiger partial charge in [0.1, 0.15) is 0 Å². The van der Waals surface area contributed by atoms with Gasteiger partial charge in [0.05, 0.1) is 11.9 Å². The van der Waals surface area contributed by atoms with E-state index in [0.717, 1.165) is 25.2 Å². The SMILES string of the molecule is CCN(CC)CCNC(=O)c1nn(Cc2ccccc2)c(=O)c2ccccc12. The predicted molar refractivity (Wildman–Crippen MR) is 112 cm³/mol. The number of hydrogen-bond acceptors (Lipinski definition) is 4. The molecule has 1 N–H and O–H groups in total. The van der Waals surface area contributed by atoms with E-state index in [1.165, 1.54) is 4.68 Å². The van der Waals surface area contributed by atoms with Crippen LogP contribution in [0, 0.1) is 0 Å². The Morgan fingerprint density at radius 3 is 2.32 bits per heavy atom. The van der Waals surface area contributed by atoms with Gasteiger partial charge in [-0.2, -0.15) is 5.10 Å². The van der Waals surface area contributed by atoms with Crippen molar-refractivity contribution in [2.45, 2.75) is 20.4 Å². The first-order valence-electron chi connectivity index (χ1n) is 9.68. The zero-order chi connectivity index (χ0) is 19.9. The lowest BCUT2D eigenvalue weighted by molar-refractivity contribution is 0.0943. The molecule has 3 aromatic rings. The summed E-state index contributed by atoms with van der Waals surface area (Å²) < 4.78 is 1.37. The third kappa shape index (κ3) is 4.46. The number of nitrogens with one attached hydrogen (secondary N) is 1. The highest BCUT2D eigenvalue weighted by atomic mass is 16.2. The molecule has 0 aliphatic heterocycles. The molecule has 0 spiro atoms. The van der Waals surface area contributed by atoms with Crippen LogP contribution in [0.2, 0.25) is 0 Å². The number of fused-ring (bicyclic) bond motifs is 1. The average molecular weight is 378 g/mol. The predicted octanol–water partition coefficient (Wildman–Crippen LogP) is 2.52. The van der Waals surface area contributed by atoms with Crippen LogP contribution in [-0.4, -0.2) is 46.8 Å². The molecule has 1 amide bonds. The lowest BCUT2D eigenvalue weighted by atomic mass is 10.1. The summed E-state index contributed by atoms with van der Waals surface area (Å²) >= 11 is 0. The summed E-state index contributed by atoms with van der Waals surface area (Å²) in [6, 6.07) is 16.8. The van der Waals surface area contributed by atoms with Gasteiger partial charge in [-0.1, -0.05) is 62.4 Å². The summed E-state index contributed by atoms with van der Waals surface area (Å²) in [6.45, 7) is 7.71. The Bertz CT molecular complexity index is 994. The lowest BCUT2D eigenvalue weighted by Gasteiger charge is -2.18. The molecular formula is C22H26N4O2. The molecule has 28 heavy (non-hydrogen) atoms. The molecule has 0 aliphatic rings. The van der Waals surface area contributed by atoms with Gasteiger partial charge in [0.15, 0.2) is 5.69 Å². The van der Waals surface area contributed by atoms with Crippen LogP contribution in [0.15, 0.2) is 59.4 Å². The summed E-state index contributed by atoms with van der Waals surface area (Å²) in [5.74, 6) is -0.259. The first kappa shape index (κ1) is 19.8. The molecule has 0 unspecified atom stereocenters. The fourth-order valence-electron chi connectivity index (χ4n) is 3.22. The van der Waals surface area contributed by atoms with E-state index in [1.54, 1.807) is 18.2 Å². The van der Waals surface area contributed by atoms with Crippen molar-refractivity contribution in [2.75, 3.05) is 26.2 Å². The van der Waals surface area contributed by atoms with E-state index in [0.29, 0.717) is 23.9 Å². The van der Waals surface area contributed by atoms with E-state index in [2.05, 4.69) is 29.2 Å². The van der Waals surface area contributed by atoms with Crippen molar-refractivity contribution >= 4 is 16.7 Å². The van der Waals surface area contributed by atoms with Crippen LogP contribution in [0.1, 0.15) is 29.9 Å². The molecule has 0 radical (unpaired) electrons. The monoisotopic (exact) mass is 378 g/mol. The number of amides is 1. The van der Waals surface area contributed by atoms with Crippen LogP contribution in [0.5, 0.6) is 0 Å². The molecule has 3 rings (SSSR count). The van der Waals surface area contributed by atoms with E-state index < -0.39 is 0 Å². The lowest BCUT2D eigenvalue weighted by Crippen LogP contribution is -2.36. The Hall–Kier alpha value is -2.99. The van der Waals surface area contributed by atoms with Gasteiger partial charge in [0.2, 0.25) is 0 Å². The number of benzene rings is 2. The first-order valence-corrected chi connectivity index (χ1v) is 9.68. The third-order valence-electron chi connectivity index (χ3n) is 4.87. The van der Waals surface area contributed by atoms with Gasteiger partial charge in [-0.3, -0.25) is 9.59 Å². The summed E-state index contributed by atoms with van der Waals surface area (Å²) in [7, 11) is 0. The van der Waals surface area contributed by atoms with Crippen molar-refractivity contribution in [3.63, 3.8) is 0 Å². The smallest absolute Gasteiger partial charge is 0.274 e. The summed E-state index contributed by atoms with van der Waals surface area (Å²) in [6.07, 6.45) is 0. The van der Waals surface area contributed by atoms with E-state index in [9.17, 15) is 9.59 Å². The maximum absolute atomic E-state index is 12.9. The van der Waals surface area contributed by atoms with Crippen molar-refractivity contribution in [3.05, 3.63) is 76.2 Å². The number of hydrogen-bond donors (Lipinski definition) is 1. The van der Waals surface area contributed by atoms with Crippen molar-refractivity contribution in [3.8, 4) is 0 Å². The topological polar surface area (TPSA) is 67.2 Å². The van der Waals surface area contributed by atoms with E-state index in [1.807, 2.05) is 36.4 Å². The summed E-state index contributed by atoms with van der Waals surface area (Å²) in [5, 5.41) is 8.44. The van der Waals surface area contributed by atoms with Gasteiger partial charge < -0.3 is 10.2 Å². The van der Waals surface area contributed by atoms with Gasteiger partial charge >= 0.3 is 0 Å². The standard InChI is InChI=1S/C22H26N4O2/c1-3-25(4-2)15-14-23-21(27)20-18-12-8-9-13-19(18)22(28)26(24-20)16-17-10-6-5-7-11-17/h5-13H,3-4,14-16H2,1-2H3,(H,23,27). The normalized spacial score (nSPS) is 11.1. The minimum absolute atomic E-state index is 0.195. The highest BCUT2D eigenvalue weighted by Crippen LogP contribution is 2.14. The molecule has 2 aromatic carbocycles. The fourth-order valence-corrected chi connectivity index (χ4v) is 3.22. The maximum Gasteiger partial charge on any atom is 0.274 e. The highest BCUT2D eigenvalue weighted by molar-refractivity contribution is 6.04. The van der Waals surface area contributed by atoms with Crippen LogP contribution in [0.25, 0.3) is 10.8 Å². The number of carbonyl (C=O) groups excluding carboxylic acids is 1. The van der Waals surface area contributed by atoms with Crippen molar-refractivity contribution in [1.29, 1.82) is 0 Å². The Labute approximate surface area is 164 Å². The number of likely N-dealkylation sites (N-methyl/N-ethyl adjacent to an activating group) is 1. The molecule has 6 heteroatoms. The minimum Gasteiger partial charge on any atom is -0.349 e. The van der Waals surface area contributed by atoms with Crippen LogP contribution in [0.4, 0.5) is 0 Å². The zero-order valence-electron chi connectivity index (χ0n) is 16.4. The first-order chi connectivity index (χ1) is 13.6. The second-order valence-corrected chi connectivity index (χ2v) is 6.63. The van der Waals surface area contributed by atoms with E-state index in [4.69, 9.17) is 0 Å². The number of aromatic nitrogens is 2. The Morgan fingerprint density at radius 1 is 1.00 bits per heavy atom. The molecular weight excluding hydrogens is 352 g/mol. The fraction of sp³-hybridized carbons (Fsp3) is 0.318. The molecule has 0 fully saturated rings. The van der Waals surface area contributed by atoms with Gasteiger partial charge in [0.25, 0.3) is 11.5 Å². The van der Waals surface area contributed by atoms with Crippen LogP contribution >= 0.6 is 0 Å². The van der Waals surface area contributed by atoms with Crippen molar-refractivity contribution in [1.82, 2.24) is 20.0 Å². The average Bonchev–Trinajstić information content (AvgIpc) is 2.74. The summed E-state index contributed by atoms with van der Waals surface area (Å²) in [4.78, 5) is 27.9. The van der Waals surface area contributed by atoms with Crippen molar-refractivity contribution < 1.29 is 4.79 Å². The molecule has 1 heterocycles. The van der Waals surface area contributed by atoms with Gasteiger partial charge in [-0.25, -0.2) is 4.68 Å². The Morgan fingerprint density at radius 2 is 1.64 bits per heavy atom. The molecule has 0 aliphatic carbocycles. The Balaban J connectivity index is 1.91. The van der Waals surface area contributed by atoms with E-state index >= 15 is 0 Å². The number of rotatable bonds is 8. The summed E-state index contributed by atoms with van der Waals surface area (Å²) in [5.41, 5.74) is 1.05. The second-order valence-electron chi connectivity index (χ2n) is 6.63. The maximum atomic E-state index is 12.9. The molecule has 0 saturated heterocycles. The van der Waals surface area contributed by atoms with Crippen LogP contribution < -0.4 is 10.9 Å². The minimum atomic E-state index is -0.259. The van der Waals surface area contributed by atoms with Gasteiger partial charge in [-0.05, 0) is 24.7 Å². The molecule has 146 valence electrons. The Kier molecular flexibility index (Phi) is 6.55. The quantitative estimate of drug-likeness (QED) is 0.654. The number of nitrogens with zero attached hydrogens (tertiary/aromatic N) is 3. The van der Waals surface area contributed by atoms with Crippen LogP contribution in [0.3, 0.4) is 0 Å². The highest BCUT2D eigenvalue weighted by Gasteiger charge is 2.16. The molecule has 1 aromatic heterocycles.